The smallest absolute Gasteiger partial charge is 0.243 e. The molecule has 0 aliphatic heterocycles. The molecule has 26 heavy (non-hydrogen) atoms. The quantitative estimate of drug-likeness (QED) is 0.831. The van der Waals surface area contributed by atoms with E-state index >= 15 is 0 Å². The first-order chi connectivity index (χ1) is 12.2. The van der Waals surface area contributed by atoms with Gasteiger partial charge in [0.15, 0.2) is 0 Å². The molecule has 9 heteroatoms. The van der Waals surface area contributed by atoms with Gasteiger partial charge < -0.3 is 10.1 Å². The zero-order valence-corrected chi connectivity index (χ0v) is 15.2. The number of carbonyl (C=O) groups is 1. The minimum atomic E-state index is -3.96. The third-order valence-electron chi connectivity index (χ3n) is 3.67. The number of likely N-dealkylation sites (N-methyl/N-ethyl adjacent to an activating group) is 1. The molecule has 2 aromatic rings. The molecule has 0 fully saturated rings. The molecule has 0 atom stereocenters. The Bertz CT molecular complexity index is 912. The molecular formula is C17H18F2N2O4S. The number of carbonyl (C=O) groups excluding carboxylic acids is 1. The summed E-state index contributed by atoms with van der Waals surface area (Å²) in [7, 11) is -1.30. The van der Waals surface area contributed by atoms with Crippen LogP contribution >= 0.6 is 0 Å². The highest BCUT2D eigenvalue weighted by molar-refractivity contribution is 7.89. The molecule has 6 nitrogen and oxygen atoms in total. The van der Waals surface area contributed by atoms with Crippen molar-refractivity contribution in [3.63, 3.8) is 0 Å². The molecule has 0 radical (unpaired) electrons. The Hall–Kier alpha value is -2.52. The van der Waals surface area contributed by atoms with Gasteiger partial charge in [0.1, 0.15) is 23.1 Å². The zero-order valence-electron chi connectivity index (χ0n) is 14.4. The van der Waals surface area contributed by atoms with Crippen LogP contribution in [0, 0.1) is 18.6 Å². The molecule has 1 N–H and O–H groups in total. The maximum atomic E-state index is 13.6. The number of hydrogen-bond donors (Lipinski definition) is 1. The van der Waals surface area contributed by atoms with Gasteiger partial charge in [0.05, 0.1) is 18.6 Å². The second-order valence-corrected chi connectivity index (χ2v) is 7.58. The van der Waals surface area contributed by atoms with Crippen LogP contribution in [0.2, 0.25) is 0 Å². The van der Waals surface area contributed by atoms with Gasteiger partial charge in [-0.05, 0) is 42.8 Å². The summed E-state index contributed by atoms with van der Waals surface area (Å²) >= 11 is 0. The number of anilines is 1. The SMILES string of the molecule is COc1ccc(S(=O)(=O)N(C)CC(=O)Nc2c(F)cccc2F)cc1C. The first-order valence-electron chi connectivity index (χ1n) is 7.51. The van der Waals surface area contributed by atoms with Gasteiger partial charge in [-0.3, -0.25) is 4.79 Å². The highest BCUT2D eigenvalue weighted by Crippen LogP contribution is 2.23. The molecule has 0 aliphatic carbocycles. The lowest BCUT2D eigenvalue weighted by Crippen LogP contribution is -2.35. The normalized spacial score (nSPS) is 11.5. The molecule has 1 amide bonds. The van der Waals surface area contributed by atoms with Gasteiger partial charge in [-0.25, -0.2) is 17.2 Å². The van der Waals surface area contributed by atoms with Crippen molar-refractivity contribution in [1.82, 2.24) is 4.31 Å². The van der Waals surface area contributed by atoms with Crippen LogP contribution in [0.1, 0.15) is 5.56 Å². The first kappa shape index (κ1) is 19.8. The van der Waals surface area contributed by atoms with E-state index in [2.05, 4.69) is 0 Å². The average Bonchev–Trinajstić information content (AvgIpc) is 2.58. The predicted molar refractivity (Wildman–Crippen MR) is 92.5 cm³/mol. The zero-order chi connectivity index (χ0) is 19.5. The minimum absolute atomic E-state index is 0.0248. The molecule has 0 aliphatic rings. The molecule has 0 spiro atoms. The van der Waals surface area contributed by atoms with E-state index in [0.29, 0.717) is 11.3 Å². The maximum absolute atomic E-state index is 13.6. The Morgan fingerprint density at radius 3 is 2.35 bits per heavy atom. The lowest BCUT2D eigenvalue weighted by Gasteiger charge is -2.18. The van der Waals surface area contributed by atoms with Crippen LogP contribution in [0.25, 0.3) is 0 Å². The molecule has 2 aromatic carbocycles. The molecule has 0 saturated heterocycles. The summed E-state index contributed by atoms with van der Waals surface area (Å²) < 4.78 is 58.1. The molecule has 0 bridgehead atoms. The fourth-order valence-corrected chi connectivity index (χ4v) is 3.49. The summed E-state index contributed by atoms with van der Waals surface area (Å²) in [5.74, 6) is -2.24. The van der Waals surface area contributed by atoms with Crippen molar-refractivity contribution in [2.24, 2.45) is 0 Å². The number of para-hydroxylation sites is 1. The van der Waals surface area contributed by atoms with E-state index in [1.807, 2.05) is 5.32 Å². The average molecular weight is 384 g/mol. The molecule has 0 saturated carbocycles. The van der Waals surface area contributed by atoms with Gasteiger partial charge in [-0.1, -0.05) is 6.07 Å². The van der Waals surface area contributed by atoms with Gasteiger partial charge in [0.25, 0.3) is 0 Å². The number of ether oxygens (including phenoxy) is 1. The summed E-state index contributed by atoms with van der Waals surface area (Å²) in [6.45, 7) is 1.08. The number of sulfonamides is 1. The monoisotopic (exact) mass is 384 g/mol. The second-order valence-electron chi connectivity index (χ2n) is 5.54. The Morgan fingerprint density at radius 2 is 1.81 bits per heavy atom. The largest absolute Gasteiger partial charge is 0.496 e. The number of rotatable bonds is 6. The second kappa shape index (κ2) is 7.79. The van der Waals surface area contributed by atoms with Gasteiger partial charge in [-0.15, -0.1) is 0 Å². The van der Waals surface area contributed by atoms with E-state index in [1.54, 1.807) is 6.92 Å². The Balaban J connectivity index is 2.16. The summed E-state index contributed by atoms with van der Waals surface area (Å²) in [5, 5.41) is 2.05. The summed E-state index contributed by atoms with van der Waals surface area (Å²) in [5.41, 5.74) is -0.0107. The standard InChI is InChI=1S/C17H18F2N2O4S/c1-11-9-12(7-8-15(11)25-3)26(23,24)21(2)10-16(22)20-17-13(18)5-4-6-14(17)19/h4-9H,10H2,1-3H3,(H,20,22). The lowest BCUT2D eigenvalue weighted by molar-refractivity contribution is -0.116. The number of aryl methyl sites for hydroxylation is 1. The number of methoxy groups -OCH3 is 1. The highest BCUT2D eigenvalue weighted by Gasteiger charge is 2.24. The van der Waals surface area contributed by atoms with Crippen molar-refractivity contribution in [2.45, 2.75) is 11.8 Å². The van der Waals surface area contributed by atoms with Gasteiger partial charge >= 0.3 is 0 Å². The fraction of sp³-hybridized carbons (Fsp3) is 0.235. The van der Waals surface area contributed by atoms with Crippen LogP contribution in [0.4, 0.5) is 14.5 Å². The van der Waals surface area contributed by atoms with Gasteiger partial charge in [-0.2, -0.15) is 4.31 Å². The van der Waals surface area contributed by atoms with E-state index in [1.165, 1.54) is 32.4 Å². The Labute approximate surface area is 150 Å². The van der Waals surface area contributed by atoms with Crippen molar-refractivity contribution in [3.8, 4) is 5.75 Å². The number of hydrogen-bond acceptors (Lipinski definition) is 4. The number of amides is 1. The fourth-order valence-electron chi connectivity index (χ4n) is 2.27. The third-order valence-corrected chi connectivity index (χ3v) is 5.47. The molecule has 140 valence electrons. The molecule has 0 unspecified atom stereocenters. The van der Waals surface area contributed by atoms with Crippen LogP contribution < -0.4 is 10.1 Å². The topological polar surface area (TPSA) is 75.7 Å². The van der Waals surface area contributed by atoms with Crippen molar-refractivity contribution < 1.29 is 26.7 Å². The van der Waals surface area contributed by atoms with Crippen LogP contribution in [0.3, 0.4) is 0 Å². The van der Waals surface area contributed by atoms with Crippen LogP contribution in [-0.4, -0.2) is 39.3 Å². The van der Waals surface area contributed by atoms with Crippen molar-refractivity contribution >= 4 is 21.6 Å². The van der Waals surface area contributed by atoms with Crippen molar-refractivity contribution in [2.75, 3.05) is 26.0 Å². The predicted octanol–water partition coefficient (Wildman–Crippen LogP) is 2.54. The van der Waals surface area contributed by atoms with Crippen molar-refractivity contribution in [1.29, 1.82) is 0 Å². The summed E-state index contributed by atoms with van der Waals surface area (Å²) in [4.78, 5) is 12.0. The first-order valence-corrected chi connectivity index (χ1v) is 8.95. The van der Waals surface area contributed by atoms with Crippen LogP contribution in [0.5, 0.6) is 5.75 Å². The van der Waals surface area contributed by atoms with E-state index in [9.17, 15) is 22.0 Å². The molecule has 0 heterocycles. The number of benzene rings is 2. The van der Waals surface area contributed by atoms with Crippen LogP contribution in [0.15, 0.2) is 41.3 Å². The molecule has 0 aromatic heterocycles. The number of nitrogens with zero attached hydrogens (tertiary/aromatic N) is 1. The highest BCUT2D eigenvalue weighted by atomic mass is 32.2. The van der Waals surface area contributed by atoms with Crippen molar-refractivity contribution in [3.05, 3.63) is 53.6 Å². The van der Waals surface area contributed by atoms with E-state index in [4.69, 9.17) is 4.74 Å². The number of nitrogens with one attached hydrogen (secondary N) is 1. The lowest BCUT2D eigenvalue weighted by atomic mass is 10.2. The molecular weight excluding hydrogens is 366 g/mol. The summed E-state index contributed by atoms with van der Waals surface area (Å²) in [6, 6.07) is 7.40. The van der Waals surface area contributed by atoms with E-state index < -0.39 is 39.8 Å². The third kappa shape index (κ3) is 4.17. The summed E-state index contributed by atoms with van der Waals surface area (Å²) in [6.07, 6.45) is 0. The maximum Gasteiger partial charge on any atom is 0.243 e. The number of halogens is 2. The van der Waals surface area contributed by atoms with E-state index in [0.717, 1.165) is 22.5 Å². The van der Waals surface area contributed by atoms with Gasteiger partial charge in [0.2, 0.25) is 15.9 Å². The Kier molecular flexibility index (Phi) is 5.94. The van der Waals surface area contributed by atoms with Gasteiger partial charge in [0, 0.05) is 7.05 Å². The minimum Gasteiger partial charge on any atom is -0.496 e. The molecule has 2 rings (SSSR count). The van der Waals surface area contributed by atoms with Crippen LogP contribution in [-0.2, 0) is 14.8 Å². The van der Waals surface area contributed by atoms with E-state index in [-0.39, 0.29) is 4.90 Å². The Morgan fingerprint density at radius 1 is 1.19 bits per heavy atom.